The van der Waals surface area contributed by atoms with Crippen LogP contribution >= 0.6 is 27.5 Å². The van der Waals surface area contributed by atoms with E-state index in [4.69, 9.17) is 22.3 Å². The number of hydrogen-bond acceptors (Lipinski definition) is 2. The zero-order valence-corrected chi connectivity index (χ0v) is 13.5. The normalized spacial score (nSPS) is 14.8. The molecule has 0 saturated heterocycles. The van der Waals surface area contributed by atoms with E-state index in [1.54, 1.807) is 0 Å². The predicted molar refractivity (Wildman–Crippen MR) is 90.6 cm³/mol. The summed E-state index contributed by atoms with van der Waals surface area (Å²) in [5, 5.41) is 0.707. The Morgan fingerprint density at radius 3 is 2.71 bits per heavy atom. The van der Waals surface area contributed by atoms with Crippen molar-refractivity contribution in [2.75, 3.05) is 5.73 Å². The molecule has 1 fully saturated rings. The van der Waals surface area contributed by atoms with E-state index < -0.39 is 0 Å². The van der Waals surface area contributed by atoms with E-state index in [2.05, 4.69) is 20.5 Å². The summed E-state index contributed by atoms with van der Waals surface area (Å²) >= 11 is 9.54. The molecule has 0 amide bonds. The van der Waals surface area contributed by atoms with Gasteiger partial charge in [-0.3, -0.25) is 0 Å². The Balaban J connectivity index is 2.01. The van der Waals surface area contributed by atoms with Gasteiger partial charge in [0.05, 0.1) is 11.0 Å². The highest BCUT2D eigenvalue weighted by Gasteiger charge is 2.29. The van der Waals surface area contributed by atoms with Gasteiger partial charge in [0.25, 0.3) is 0 Å². The second-order valence-electron chi connectivity index (χ2n) is 5.40. The Morgan fingerprint density at radius 1 is 1.19 bits per heavy atom. The van der Waals surface area contributed by atoms with Crippen LogP contribution in [0.4, 0.5) is 5.69 Å². The van der Waals surface area contributed by atoms with Crippen LogP contribution in [-0.4, -0.2) is 9.55 Å². The minimum Gasteiger partial charge on any atom is -0.398 e. The van der Waals surface area contributed by atoms with Crippen molar-refractivity contribution in [3.63, 3.8) is 0 Å². The van der Waals surface area contributed by atoms with E-state index in [9.17, 15) is 0 Å². The Bertz CT molecular complexity index is 852. The molecule has 106 valence electrons. The van der Waals surface area contributed by atoms with E-state index >= 15 is 0 Å². The van der Waals surface area contributed by atoms with E-state index in [-0.39, 0.29) is 0 Å². The number of nitrogen functional groups attached to an aromatic ring is 1. The van der Waals surface area contributed by atoms with Crippen molar-refractivity contribution in [1.29, 1.82) is 0 Å². The maximum absolute atomic E-state index is 6.19. The third-order valence-corrected chi connectivity index (χ3v) is 4.55. The quantitative estimate of drug-likeness (QED) is 0.649. The van der Waals surface area contributed by atoms with Gasteiger partial charge in [-0.2, -0.15) is 0 Å². The zero-order chi connectivity index (χ0) is 14.6. The van der Waals surface area contributed by atoms with Crippen LogP contribution in [-0.2, 0) is 0 Å². The number of hydrogen-bond donors (Lipinski definition) is 1. The van der Waals surface area contributed by atoms with Crippen LogP contribution in [0.3, 0.4) is 0 Å². The fourth-order valence-corrected chi connectivity index (χ4v) is 3.25. The summed E-state index contributed by atoms with van der Waals surface area (Å²) in [6, 6.07) is 12.3. The molecule has 2 N–H and O–H groups in total. The first kappa shape index (κ1) is 13.2. The van der Waals surface area contributed by atoms with Gasteiger partial charge in [0.1, 0.15) is 5.82 Å². The average molecular weight is 363 g/mol. The smallest absolute Gasteiger partial charge is 0.143 e. The molecule has 1 aliphatic carbocycles. The summed E-state index contributed by atoms with van der Waals surface area (Å²) < 4.78 is 3.27. The molecule has 2 aromatic carbocycles. The van der Waals surface area contributed by atoms with Crippen LogP contribution in [0.25, 0.3) is 22.4 Å². The largest absolute Gasteiger partial charge is 0.398 e. The first-order valence-electron chi connectivity index (χ1n) is 6.86. The van der Waals surface area contributed by atoms with Crippen LogP contribution < -0.4 is 5.73 Å². The molecule has 0 unspecified atom stereocenters. The van der Waals surface area contributed by atoms with Gasteiger partial charge in [0.15, 0.2) is 0 Å². The number of anilines is 1. The fraction of sp³-hybridized carbons (Fsp3) is 0.188. The zero-order valence-electron chi connectivity index (χ0n) is 11.2. The van der Waals surface area contributed by atoms with Crippen LogP contribution in [0.1, 0.15) is 18.9 Å². The Hall–Kier alpha value is -1.52. The fourth-order valence-electron chi connectivity index (χ4n) is 2.70. The van der Waals surface area contributed by atoms with Gasteiger partial charge in [-0.1, -0.05) is 27.5 Å². The molecular formula is C16H13BrClN3. The van der Waals surface area contributed by atoms with Gasteiger partial charge in [0.2, 0.25) is 0 Å². The van der Waals surface area contributed by atoms with Crippen molar-refractivity contribution >= 4 is 44.3 Å². The van der Waals surface area contributed by atoms with Crippen molar-refractivity contribution in [2.45, 2.75) is 18.9 Å². The number of benzene rings is 2. The van der Waals surface area contributed by atoms with Crippen LogP contribution in [0.5, 0.6) is 0 Å². The number of fused-ring (bicyclic) bond motifs is 1. The minimum atomic E-state index is 0.522. The Kier molecular flexibility index (Phi) is 2.98. The lowest BCUT2D eigenvalue weighted by molar-refractivity contribution is 0.775. The third-order valence-electron chi connectivity index (χ3n) is 3.82. The molecule has 1 saturated carbocycles. The summed E-state index contributed by atoms with van der Waals surface area (Å²) in [6.45, 7) is 0. The molecule has 0 atom stereocenters. The number of imidazole rings is 1. The molecule has 0 radical (unpaired) electrons. The Labute approximate surface area is 135 Å². The van der Waals surface area contributed by atoms with Gasteiger partial charge >= 0.3 is 0 Å². The molecule has 3 nitrogen and oxygen atoms in total. The molecule has 4 rings (SSSR count). The van der Waals surface area contributed by atoms with E-state index in [1.165, 1.54) is 12.8 Å². The number of nitrogens with zero attached hydrogens (tertiary/aromatic N) is 2. The van der Waals surface area contributed by atoms with Crippen molar-refractivity contribution in [3.8, 4) is 11.4 Å². The first-order chi connectivity index (χ1) is 10.1. The molecule has 1 aliphatic rings. The maximum atomic E-state index is 6.19. The summed E-state index contributed by atoms with van der Waals surface area (Å²) in [7, 11) is 0. The molecule has 1 aromatic heterocycles. The van der Waals surface area contributed by atoms with Crippen molar-refractivity contribution in [2.24, 2.45) is 0 Å². The van der Waals surface area contributed by atoms with E-state index in [0.29, 0.717) is 11.1 Å². The molecule has 0 spiro atoms. The molecule has 5 heteroatoms. The molecule has 3 aromatic rings. The summed E-state index contributed by atoms with van der Waals surface area (Å²) in [4.78, 5) is 4.78. The van der Waals surface area contributed by atoms with Crippen LogP contribution in [0, 0.1) is 0 Å². The highest BCUT2D eigenvalue weighted by molar-refractivity contribution is 9.10. The van der Waals surface area contributed by atoms with Crippen LogP contribution in [0.2, 0.25) is 5.02 Å². The van der Waals surface area contributed by atoms with Gasteiger partial charge in [-0.15, -0.1) is 0 Å². The highest BCUT2D eigenvalue weighted by Crippen LogP contribution is 2.42. The second-order valence-corrected chi connectivity index (χ2v) is 6.75. The number of rotatable bonds is 2. The molecule has 0 bridgehead atoms. The standard InChI is InChI=1S/C16H13BrClN3/c17-9-1-5-12(13(19)7-9)16-20-14-8-10(18)2-6-15(14)21(16)11-3-4-11/h1-2,5-8,11H,3-4,19H2. The molecule has 0 aliphatic heterocycles. The van der Waals surface area contributed by atoms with Gasteiger partial charge in [-0.05, 0) is 49.2 Å². The van der Waals surface area contributed by atoms with Crippen molar-refractivity contribution < 1.29 is 0 Å². The van der Waals surface area contributed by atoms with Crippen LogP contribution in [0.15, 0.2) is 40.9 Å². The molecule has 1 heterocycles. The monoisotopic (exact) mass is 361 g/mol. The number of halogens is 2. The molecule has 21 heavy (non-hydrogen) atoms. The van der Waals surface area contributed by atoms with Crippen molar-refractivity contribution in [3.05, 3.63) is 45.9 Å². The molecular weight excluding hydrogens is 350 g/mol. The minimum absolute atomic E-state index is 0.522. The van der Waals surface area contributed by atoms with E-state index in [1.807, 2.05) is 36.4 Å². The van der Waals surface area contributed by atoms with Gasteiger partial charge < -0.3 is 10.3 Å². The number of nitrogens with two attached hydrogens (primary N) is 1. The topological polar surface area (TPSA) is 43.8 Å². The highest BCUT2D eigenvalue weighted by atomic mass is 79.9. The maximum Gasteiger partial charge on any atom is 0.143 e. The summed E-state index contributed by atoms with van der Waals surface area (Å²) in [5.41, 5.74) is 9.93. The van der Waals surface area contributed by atoms with E-state index in [0.717, 1.165) is 32.6 Å². The van der Waals surface area contributed by atoms with Crippen molar-refractivity contribution in [1.82, 2.24) is 9.55 Å². The SMILES string of the molecule is Nc1cc(Br)ccc1-c1nc2cc(Cl)ccc2n1C1CC1. The number of aromatic nitrogens is 2. The summed E-state index contributed by atoms with van der Waals surface area (Å²) in [6.07, 6.45) is 2.38. The van der Waals surface area contributed by atoms with Gasteiger partial charge in [0, 0.05) is 26.8 Å². The lowest BCUT2D eigenvalue weighted by Gasteiger charge is -2.10. The lowest BCUT2D eigenvalue weighted by Crippen LogP contribution is -2.00. The Morgan fingerprint density at radius 2 is 2.00 bits per heavy atom. The average Bonchev–Trinajstić information content (AvgIpc) is 3.20. The predicted octanol–water partition coefficient (Wildman–Crippen LogP) is 5.04. The third kappa shape index (κ3) is 2.23. The second kappa shape index (κ2) is 4.75. The first-order valence-corrected chi connectivity index (χ1v) is 8.03. The lowest BCUT2D eigenvalue weighted by atomic mass is 10.1. The summed E-state index contributed by atoms with van der Waals surface area (Å²) in [5.74, 6) is 0.930. The van der Waals surface area contributed by atoms with Gasteiger partial charge in [-0.25, -0.2) is 4.98 Å².